The minimum Gasteiger partial charge on any atom is -0.494 e. The molecule has 7 nitrogen and oxygen atoms in total. The Kier molecular flexibility index (Phi) is 6.13. The molecular formula is C21H27N3O4. The summed E-state index contributed by atoms with van der Waals surface area (Å²) in [5, 5.41) is 3.26. The summed E-state index contributed by atoms with van der Waals surface area (Å²) < 4.78 is 21.9. The van der Waals surface area contributed by atoms with Crippen LogP contribution in [0.2, 0.25) is 0 Å². The minimum atomic E-state index is -0.133. The highest BCUT2D eigenvalue weighted by molar-refractivity contribution is 5.79. The maximum Gasteiger partial charge on any atom is 0.203 e. The van der Waals surface area contributed by atoms with Gasteiger partial charge < -0.3 is 30.0 Å². The van der Waals surface area contributed by atoms with Gasteiger partial charge in [-0.3, -0.25) is 0 Å². The van der Waals surface area contributed by atoms with Gasteiger partial charge in [0.05, 0.1) is 40.0 Å². The molecular weight excluding hydrogens is 358 g/mol. The summed E-state index contributed by atoms with van der Waals surface area (Å²) in [6.07, 6.45) is 0.743. The molecule has 0 aliphatic carbocycles. The number of hydrogen-bond donors (Lipinski definition) is 2. The third-order valence-electron chi connectivity index (χ3n) is 4.74. The molecule has 150 valence electrons. The molecule has 3 N–H and O–H groups in total. The van der Waals surface area contributed by atoms with Gasteiger partial charge in [0.25, 0.3) is 0 Å². The van der Waals surface area contributed by atoms with Crippen LogP contribution >= 0.6 is 0 Å². The summed E-state index contributed by atoms with van der Waals surface area (Å²) in [5.74, 6) is 3.01. The summed E-state index contributed by atoms with van der Waals surface area (Å²) in [6, 6.07) is 11.8. The van der Waals surface area contributed by atoms with Crippen LogP contribution < -0.4 is 30.0 Å². The Morgan fingerprint density at radius 1 is 1.00 bits per heavy atom. The number of nitrogens with two attached hydrogens (primary N) is 1. The summed E-state index contributed by atoms with van der Waals surface area (Å²) >= 11 is 0. The molecule has 0 amide bonds. The quantitative estimate of drug-likeness (QED) is 0.761. The highest BCUT2D eigenvalue weighted by Crippen LogP contribution is 2.42. The van der Waals surface area contributed by atoms with E-state index in [0.717, 1.165) is 23.3 Å². The second kappa shape index (κ2) is 8.73. The molecule has 3 rings (SSSR count). The lowest BCUT2D eigenvalue weighted by Crippen LogP contribution is -2.39. The molecule has 0 spiro atoms. The van der Waals surface area contributed by atoms with Crippen molar-refractivity contribution in [3.8, 4) is 23.0 Å². The van der Waals surface area contributed by atoms with Gasteiger partial charge in [-0.2, -0.15) is 0 Å². The van der Waals surface area contributed by atoms with Crippen LogP contribution in [0.25, 0.3) is 0 Å². The van der Waals surface area contributed by atoms with Crippen molar-refractivity contribution in [3.63, 3.8) is 0 Å². The Labute approximate surface area is 165 Å². The second-order valence-corrected chi connectivity index (χ2v) is 6.42. The zero-order valence-electron chi connectivity index (χ0n) is 16.7. The van der Waals surface area contributed by atoms with Crippen molar-refractivity contribution < 1.29 is 18.9 Å². The third kappa shape index (κ3) is 4.08. The van der Waals surface area contributed by atoms with E-state index in [1.54, 1.807) is 21.3 Å². The van der Waals surface area contributed by atoms with Crippen molar-refractivity contribution in [2.45, 2.75) is 25.4 Å². The van der Waals surface area contributed by atoms with Crippen LogP contribution in [0.1, 0.15) is 36.6 Å². The van der Waals surface area contributed by atoms with E-state index >= 15 is 0 Å². The summed E-state index contributed by atoms with van der Waals surface area (Å²) in [5.41, 5.74) is 8.17. The van der Waals surface area contributed by atoms with Crippen molar-refractivity contribution in [2.75, 3.05) is 27.9 Å². The van der Waals surface area contributed by atoms with Crippen LogP contribution in [0.3, 0.4) is 0 Å². The number of aliphatic imine (C=N–C) groups is 1. The molecule has 2 aromatic rings. The van der Waals surface area contributed by atoms with E-state index in [1.165, 1.54) is 0 Å². The van der Waals surface area contributed by atoms with Gasteiger partial charge in [0.2, 0.25) is 5.75 Å². The van der Waals surface area contributed by atoms with Crippen molar-refractivity contribution in [1.82, 2.24) is 5.32 Å². The topological polar surface area (TPSA) is 87.3 Å². The number of nitrogens with one attached hydrogen (secondary N) is 1. The van der Waals surface area contributed by atoms with Crippen molar-refractivity contribution in [3.05, 3.63) is 47.5 Å². The van der Waals surface area contributed by atoms with Crippen LogP contribution in [0.15, 0.2) is 41.4 Å². The van der Waals surface area contributed by atoms with Gasteiger partial charge in [-0.05, 0) is 48.7 Å². The molecule has 2 atom stereocenters. The predicted molar refractivity (Wildman–Crippen MR) is 109 cm³/mol. The standard InChI is InChI=1S/C21H27N3O4/c1-5-28-15-8-6-13(7-9-15)16-12-17(24-21(22)23-16)14-10-18(25-2)20(27-4)19(11-14)26-3/h6-11,16-17H,5,12H2,1-4H3,(H3,22,23,24). The van der Waals surface area contributed by atoms with Crippen molar-refractivity contribution in [2.24, 2.45) is 10.7 Å². The molecule has 0 saturated heterocycles. The van der Waals surface area contributed by atoms with E-state index in [1.807, 2.05) is 43.3 Å². The molecule has 0 aromatic heterocycles. The lowest BCUT2D eigenvalue weighted by Gasteiger charge is -2.29. The molecule has 2 unspecified atom stereocenters. The Morgan fingerprint density at radius 3 is 2.18 bits per heavy atom. The average Bonchev–Trinajstić information content (AvgIpc) is 2.72. The zero-order valence-corrected chi connectivity index (χ0v) is 16.7. The van der Waals surface area contributed by atoms with E-state index < -0.39 is 0 Å². The maximum absolute atomic E-state index is 6.09. The van der Waals surface area contributed by atoms with Gasteiger partial charge >= 0.3 is 0 Å². The van der Waals surface area contributed by atoms with Crippen LogP contribution in [-0.4, -0.2) is 33.9 Å². The number of hydrogen-bond acceptors (Lipinski definition) is 7. The Morgan fingerprint density at radius 2 is 1.64 bits per heavy atom. The van der Waals surface area contributed by atoms with E-state index in [-0.39, 0.29) is 12.1 Å². The van der Waals surface area contributed by atoms with Crippen LogP contribution in [-0.2, 0) is 0 Å². The summed E-state index contributed by atoms with van der Waals surface area (Å²) in [7, 11) is 4.79. The van der Waals surface area contributed by atoms with Crippen LogP contribution in [0.5, 0.6) is 23.0 Å². The highest BCUT2D eigenvalue weighted by atomic mass is 16.5. The fourth-order valence-corrected chi connectivity index (χ4v) is 3.41. The first-order valence-electron chi connectivity index (χ1n) is 9.22. The first-order valence-corrected chi connectivity index (χ1v) is 9.22. The predicted octanol–water partition coefficient (Wildman–Crippen LogP) is 3.20. The Hall–Kier alpha value is -3.09. The van der Waals surface area contributed by atoms with E-state index in [4.69, 9.17) is 24.7 Å². The molecule has 1 aliphatic heterocycles. The minimum absolute atomic E-state index is 0.0391. The van der Waals surface area contributed by atoms with E-state index in [9.17, 15) is 0 Å². The van der Waals surface area contributed by atoms with Crippen LogP contribution in [0.4, 0.5) is 0 Å². The van der Waals surface area contributed by atoms with Crippen molar-refractivity contribution in [1.29, 1.82) is 0 Å². The van der Waals surface area contributed by atoms with Gasteiger partial charge in [0.1, 0.15) is 5.75 Å². The zero-order chi connectivity index (χ0) is 20.1. The first-order chi connectivity index (χ1) is 13.6. The summed E-state index contributed by atoms with van der Waals surface area (Å²) in [4.78, 5) is 4.59. The Bertz CT molecular complexity index is 811. The number of methoxy groups -OCH3 is 3. The number of rotatable bonds is 7. The lowest BCUT2D eigenvalue weighted by atomic mass is 9.93. The molecule has 0 saturated carbocycles. The number of ether oxygens (including phenoxy) is 4. The van der Waals surface area contributed by atoms with Gasteiger partial charge in [-0.25, -0.2) is 4.99 Å². The average molecular weight is 385 g/mol. The maximum atomic E-state index is 6.09. The first kappa shape index (κ1) is 19.7. The number of nitrogens with zero attached hydrogens (tertiary/aromatic N) is 1. The SMILES string of the molecule is CCOc1ccc(C2CC(c3cc(OC)c(OC)c(OC)c3)N=C(N)N2)cc1. The van der Waals surface area contributed by atoms with E-state index in [0.29, 0.717) is 29.8 Å². The fraction of sp³-hybridized carbons (Fsp3) is 0.381. The Balaban J connectivity index is 1.89. The second-order valence-electron chi connectivity index (χ2n) is 6.42. The van der Waals surface area contributed by atoms with Crippen LogP contribution in [0, 0.1) is 0 Å². The third-order valence-corrected chi connectivity index (χ3v) is 4.74. The molecule has 1 heterocycles. The van der Waals surface area contributed by atoms with Gasteiger partial charge in [0.15, 0.2) is 17.5 Å². The molecule has 2 aromatic carbocycles. The molecule has 28 heavy (non-hydrogen) atoms. The molecule has 7 heteroatoms. The summed E-state index contributed by atoms with van der Waals surface area (Å²) in [6.45, 7) is 2.61. The lowest BCUT2D eigenvalue weighted by molar-refractivity contribution is 0.323. The molecule has 0 bridgehead atoms. The monoisotopic (exact) mass is 385 g/mol. The number of benzene rings is 2. The fourth-order valence-electron chi connectivity index (χ4n) is 3.41. The largest absolute Gasteiger partial charge is 0.494 e. The van der Waals surface area contributed by atoms with Gasteiger partial charge in [-0.15, -0.1) is 0 Å². The molecule has 0 fully saturated rings. The van der Waals surface area contributed by atoms with Gasteiger partial charge in [0, 0.05) is 0 Å². The van der Waals surface area contributed by atoms with E-state index in [2.05, 4.69) is 10.3 Å². The number of guanidine groups is 1. The highest BCUT2D eigenvalue weighted by Gasteiger charge is 2.26. The van der Waals surface area contributed by atoms with Crippen molar-refractivity contribution >= 4 is 5.96 Å². The smallest absolute Gasteiger partial charge is 0.203 e. The molecule has 1 aliphatic rings. The normalized spacial score (nSPS) is 18.6. The van der Waals surface area contributed by atoms with Gasteiger partial charge in [-0.1, -0.05) is 12.1 Å². The molecule has 0 radical (unpaired) electrons.